The topological polar surface area (TPSA) is 61.8 Å². The first-order chi connectivity index (χ1) is 12.1. The standard InChI is InChI=1S/C18H23N5O2/c1-21(2)16-17(20-9-8-19-16)23-12-10-22(11-13-23)15-6-4-14(5-7-15)18(24)25-3/h4-9H,10-13H2,1-3H3. The van der Waals surface area contributed by atoms with Gasteiger partial charge in [-0.1, -0.05) is 0 Å². The van der Waals surface area contributed by atoms with E-state index in [9.17, 15) is 4.79 Å². The van der Waals surface area contributed by atoms with Crippen LogP contribution in [0, 0.1) is 0 Å². The van der Waals surface area contributed by atoms with Crippen LogP contribution in [0.2, 0.25) is 0 Å². The van der Waals surface area contributed by atoms with E-state index in [2.05, 4.69) is 19.8 Å². The Balaban J connectivity index is 1.67. The molecule has 0 aliphatic carbocycles. The molecule has 7 nitrogen and oxygen atoms in total. The van der Waals surface area contributed by atoms with Crippen molar-refractivity contribution in [3.05, 3.63) is 42.2 Å². The number of rotatable bonds is 4. The van der Waals surface area contributed by atoms with Crippen LogP contribution in [0.3, 0.4) is 0 Å². The molecule has 1 aromatic heterocycles. The Morgan fingerprint density at radius 3 is 2.20 bits per heavy atom. The zero-order chi connectivity index (χ0) is 17.8. The number of esters is 1. The van der Waals surface area contributed by atoms with Gasteiger partial charge in [0.2, 0.25) is 0 Å². The number of carbonyl (C=O) groups is 1. The van der Waals surface area contributed by atoms with Crippen LogP contribution < -0.4 is 14.7 Å². The lowest BCUT2D eigenvalue weighted by Gasteiger charge is -2.37. The van der Waals surface area contributed by atoms with Crippen LogP contribution in [0.4, 0.5) is 17.3 Å². The molecular weight excluding hydrogens is 318 g/mol. The van der Waals surface area contributed by atoms with Gasteiger partial charge in [0.15, 0.2) is 11.6 Å². The van der Waals surface area contributed by atoms with Crippen LogP contribution in [-0.4, -0.2) is 63.3 Å². The highest BCUT2D eigenvalue weighted by atomic mass is 16.5. The first kappa shape index (κ1) is 17.0. The predicted molar refractivity (Wildman–Crippen MR) is 98.6 cm³/mol. The molecule has 0 N–H and O–H groups in total. The van der Waals surface area contributed by atoms with E-state index in [1.807, 2.05) is 31.1 Å². The molecule has 7 heteroatoms. The summed E-state index contributed by atoms with van der Waals surface area (Å²) in [6.07, 6.45) is 3.46. The SMILES string of the molecule is COC(=O)c1ccc(N2CCN(c3nccnc3N(C)C)CC2)cc1. The molecule has 132 valence electrons. The normalized spacial score (nSPS) is 14.4. The lowest BCUT2D eigenvalue weighted by molar-refractivity contribution is 0.0601. The van der Waals surface area contributed by atoms with E-state index >= 15 is 0 Å². The summed E-state index contributed by atoms with van der Waals surface area (Å²) in [6.45, 7) is 3.53. The summed E-state index contributed by atoms with van der Waals surface area (Å²) in [5.74, 6) is 1.50. The van der Waals surface area contributed by atoms with Crippen LogP contribution >= 0.6 is 0 Å². The number of benzene rings is 1. The maximum absolute atomic E-state index is 11.5. The fourth-order valence-corrected chi connectivity index (χ4v) is 2.96. The maximum Gasteiger partial charge on any atom is 0.337 e. The lowest BCUT2D eigenvalue weighted by Crippen LogP contribution is -2.47. The molecule has 1 fully saturated rings. The van der Waals surface area contributed by atoms with E-state index in [0.29, 0.717) is 5.56 Å². The molecule has 0 radical (unpaired) electrons. The van der Waals surface area contributed by atoms with Gasteiger partial charge >= 0.3 is 5.97 Å². The number of ether oxygens (including phenoxy) is 1. The number of hydrogen-bond donors (Lipinski definition) is 0. The summed E-state index contributed by atoms with van der Waals surface area (Å²) >= 11 is 0. The van der Waals surface area contributed by atoms with Crippen molar-refractivity contribution in [3.63, 3.8) is 0 Å². The van der Waals surface area contributed by atoms with E-state index in [4.69, 9.17) is 4.74 Å². The van der Waals surface area contributed by atoms with Crippen molar-refractivity contribution in [1.82, 2.24) is 9.97 Å². The van der Waals surface area contributed by atoms with Crippen LogP contribution in [0.1, 0.15) is 10.4 Å². The smallest absolute Gasteiger partial charge is 0.337 e. The van der Waals surface area contributed by atoms with E-state index in [1.54, 1.807) is 24.5 Å². The number of methoxy groups -OCH3 is 1. The summed E-state index contributed by atoms with van der Waals surface area (Å²) in [6, 6.07) is 7.55. The average molecular weight is 341 g/mol. The summed E-state index contributed by atoms with van der Waals surface area (Å²) in [7, 11) is 5.35. The van der Waals surface area contributed by atoms with Crippen molar-refractivity contribution in [2.75, 3.05) is 62.1 Å². The Morgan fingerprint density at radius 1 is 1.00 bits per heavy atom. The van der Waals surface area contributed by atoms with Gasteiger partial charge in [0.25, 0.3) is 0 Å². The van der Waals surface area contributed by atoms with E-state index < -0.39 is 0 Å². The molecular formula is C18H23N5O2. The Bertz CT molecular complexity index is 725. The van der Waals surface area contributed by atoms with Crippen LogP contribution in [-0.2, 0) is 4.74 Å². The van der Waals surface area contributed by atoms with Crippen molar-refractivity contribution < 1.29 is 9.53 Å². The van der Waals surface area contributed by atoms with Gasteiger partial charge in [0.1, 0.15) is 0 Å². The van der Waals surface area contributed by atoms with Crippen molar-refractivity contribution in [2.45, 2.75) is 0 Å². The molecule has 1 aliphatic heterocycles. The molecule has 1 saturated heterocycles. The van der Waals surface area contributed by atoms with Crippen molar-refractivity contribution in [3.8, 4) is 0 Å². The summed E-state index contributed by atoms with van der Waals surface area (Å²) in [5.41, 5.74) is 1.68. The molecule has 0 amide bonds. The van der Waals surface area contributed by atoms with E-state index in [1.165, 1.54) is 7.11 Å². The van der Waals surface area contributed by atoms with Gasteiger partial charge in [-0.3, -0.25) is 0 Å². The first-order valence-electron chi connectivity index (χ1n) is 8.26. The number of nitrogens with zero attached hydrogens (tertiary/aromatic N) is 5. The molecule has 2 heterocycles. The molecule has 0 bridgehead atoms. The third kappa shape index (κ3) is 3.65. The lowest BCUT2D eigenvalue weighted by atomic mass is 10.2. The van der Waals surface area contributed by atoms with Crippen molar-refractivity contribution >= 4 is 23.3 Å². The van der Waals surface area contributed by atoms with Gasteiger partial charge in [-0.2, -0.15) is 0 Å². The van der Waals surface area contributed by atoms with Crippen LogP contribution in [0.15, 0.2) is 36.7 Å². The number of piperazine rings is 1. The average Bonchev–Trinajstić information content (AvgIpc) is 2.67. The third-order valence-electron chi connectivity index (χ3n) is 4.32. The second-order valence-electron chi connectivity index (χ2n) is 6.11. The Hall–Kier alpha value is -2.83. The highest BCUT2D eigenvalue weighted by molar-refractivity contribution is 5.89. The largest absolute Gasteiger partial charge is 0.465 e. The van der Waals surface area contributed by atoms with Gasteiger partial charge in [-0.15, -0.1) is 0 Å². The molecule has 1 aliphatic rings. The van der Waals surface area contributed by atoms with Gasteiger partial charge in [0.05, 0.1) is 12.7 Å². The third-order valence-corrected chi connectivity index (χ3v) is 4.32. The maximum atomic E-state index is 11.5. The van der Waals surface area contributed by atoms with Gasteiger partial charge in [0, 0.05) is 58.4 Å². The monoisotopic (exact) mass is 341 g/mol. The van der Waals surface area contributed by atoms with Crippen LogP contribution in [0.25, 0.3) is 0 Å². The molecule has 2 aromatic rings. The highest BCUT2D eigenvalue weighted by Gasteiger charge is 2.21. The van der Waals surface area contributed by atoms with Gasteiger partial charge in [-0.25, -0.2) is 14.8 Å². The number of aromatic nitrogens is 2. The Morgan fingerprint density at radius 2 is 1.60 bits per heavy atom. The second kappa shape index (κ2) is 7.38. The molecule has 0 atom stereocenters. The first-order valence-corrected chi connectivity index (χ1v) is 8.26. The van der Waals surface area contributed by atoms with Gasteiger partial charge < -0.3 is 19.4 Å². The molecule has 0 saturated carbocycles. The molecule has 0 unspecified atom stereocenters. The fourth-order valence-electron chi connectivity index (χ4n) is 2.96. The second-order valence-corrected chi connectivity index (χ2v) is 6.11. The minimum atomic E-state index is -0.310. The Kier molecular flexibility index (Phi) is 5.02. The molecule has 1 aromatic carbocycles. The van der Waals surface area contributed by atoms with E-state index in [-0.39, 0.29) is 5.97 Å². The predicted octanol–water partition coefficient (Wildman–Crippen LogP) is 1.66. The minimum Gasteiger partial charge on any atom is -0.465 e. The molecule has 25 heavy (non-hydrogen) atoms. The zero-order valence-electron chi connectivity index (χ0n) is 14.8. The summed E-state index contributed by atoms with van der Waals surface area (Å²) < 4.78 is 4.74. The van der Waals surface area contributed by atoms with Crippen molar-refractivity contribution in [1.29, 1.82) is 0 Å². The van der Waals surface area contributed by atoms with Gasteiger partial charge in [-0.05, 0) is 24.3 Å². The number of anilines is 3. The van der Waals surface area contributed by atoms with Crippen LogP contribution in [0.5, 0.6) is 0 Å². The summed E-state index contributed by atoms with van der Waals surface area (Å²) in [4.78, 5) is 27.0. The minimum absolute atomic E-state index is 0.310. The summed E-state index contributed by atoms with van der Waals surface area (Å²) in [5, 5.41) is 0. The highest BCUT2D eigenvalue weighted by Crippen LogP contribution is 2.25. The number of carbonyl (C=O) groups excluding carboxylic acids is 1. The molecule has 0 spiro atoms. The molecule has 3 rings (SSSR count). The fraction of sp³-hybridized carbons (Fsp3) is 0.389. The van der Waals surface area contributed by atoms with E-state index in [0.717, 1.165) is 43.5 Å². The Labute approximate surface area is 147 Å². The quantitative estimate of drug-likeness (QED) is 0.784. The van der Waals surface area contributed by atoms with Crippen molar-refractivity contribution in [2.24, 2.45) is 0 Å². The zero-order valence-corrected chi connectivity index (χ0v) is 14.8. The number of hydrogen-bond acceptors (Lipinski definition) is 7.